The number of hydrogen-bond donors (Lipinski definition) is 1. The van der Waals surface area contributed by atoms with E-state index in [0.29, 0.717) is 6.04 Å². The Labute approximate surface area is 130 Å². The van der Waals surface area contributed by atoms with Crippen molar-refractivity contribution in [3.63, 3.8) is 0 Å². The normalized spacial score (nSPS) is 18.4. The molecule has 1 aliphatic rings. The number of rotatable bonds is 6. The molecule has 106 valence electrons. The van der Waals surface area contributed by atoms with Crippen LogP contribution in [0, 0.1) is 5.92 Å². The van der Waals surface area contributed by atoms with Gasteiger partial charge in [0.15, 0.2) is 0 Å². The Morgan fingerprint density at radius 3 is 2.79 bits per heavy atom. The molecule has 0 aromatic heterocycles. The van der Waals surface area contributed by atoms with Gasteiger partial charge in [-0.05, 0) is 43.5 Å². The molecule has 0 spiro atoms. The van der Waals surface area contributed by atoms with E-state index in [1.54, 1.807) is 0 Å². The molecule has 0 amide bonds. The van der Waals surface area contributed by atoms with Crippen molar-refractivity contribution in [2.24, 2.45) is 5.92 Å². The van der Waals surface area contributed by atoms with Crippen molar-refractivity contribution in [3.05, 3.63) is 28.7 Å². The highest BCUT2D eigenvalue weighted by atomic mass is 79.9. The number of hydrogen-bond acceptors (Lipinski definition) is 2. The Balaban J connectivity index is 1.89. The smallest absolute Gasteiger partial charge is 0.0189 e. The molecule has 1 unspecified atom stereocenters. The van der Waals surface area contributed by atoms with Crippen LogP contribution >= 0.6 is 27.7 Å². The summed E-state index contributed by atoms with van der Waals surface area (Å²) in [6, 6.07) is 9.31. The van der Waals surface area contributed by atoms with Gasteiger partial charge in [-0.2, -0.15) is 0 Å². The summed E-state index contributed by atoms with van der Waals surface area (Å²) in [6.07, 6.45) is 7.11. The van der Waals surface area contributed by atoms with Crippen molar-refractivity contribution in [2.75, 3.05) is 12.3 Å². The van der Waals surface area contributed by atoms with Crippen LogP contribution in [0.2, 0.25) is 0 Å². The van der Waals surface area contributed by atoms with Crippen molar-refractivity contribution in [1.82, 2.24) is 5.32 Å². The molecular weight excluding hydrogens is 318 g/mol. The first-order valence-corrected chi connectivity index (χ1v) is 9.19. The number of halogens is 1. The molecule has 3 heteroatoms. The van der Waals surface area contributed by atoms with Crippen LogP contribution in [-0.4, -0.2) is 18.3 Å². The van der Waals surface area contributed by atoms with Crippen molar-refractivity contribution in [3.8, 4) is 0 Å². The van der Waals surface area contributed by atoms with Crippen molar-refractivity contribution >= 4 is 27.7 Å². The third-order valence-corrected chi connectivity index (χ3v) is 5.52. The zero-order valence-electron chi connectivity index (χ0n) is 11.7. The monoisotopic (exact) mass is 341 g/mol. The fourth-order valence-electron chi connectivity index (χ4n) is 2.90. The molecule has 0 saturated heterocycles. The van der Waals surface area contributed by atoms with E-state index in [9.17, 15) is 0 Å². The van der Waals surface area contributed by atoms with Crippen molar-refractivity contribution < 1.29 is 0 Å². The summed E-state index contributed by atoms with van der Waals surface area (Å²) in [5.41, 5.74) is 0. The van der Waals surface area contributed by atoms with E-state index in [1.165, 1.54) is 47.2 Å². The van der Waals surface area contributed by atoms with Crippen LogP contribution in [0.5, 0.6) is 0 Å². The SMILES string of the molecule is CCNC(CSc1cccc(Br)c1)C1CCCCC1. The number of nitrogens with one attached hydrogen (secondary N) is 1. The molecule has 1 aromatic carbocycles. The molecule has 1 N–H and O–H groups in total. The number of thioether (sulfide) groups is 1. The second-order valence-corrected chi connectivity index (χ2v) is 7.34. The third-order valence-electron chi connectivity index (χ3n) is 3.91. The van der Waals surface area contributed by atoms with E-state index in [1.807, 2.05) is 11.8 Å². The molecule has 1 nitrogen and oxygen atoms in total. The lowest BCUT2D eigenvalue weighted by Crippen LogP contribution is -2.39. The highest BCUT2D eigenvalue weighted by Gasteiger charge is 2.22. The van der Waals surface area contributed by atoms with Crippen LogP contribution in [0.4, 0.5) is 0 Å². The molecule has 2 rings (SSSR count). The lowest BCUT2D eigenvalue weighted by Gasteiger charge is -2.30. The van der Waals surface area contributed by atoms with Crippen molar-refractivity contribution in [1.29, 1.82) is 0 Å². The van der Waals surface area contributed by atoms with Crippen LogP contribution in [-0.2, 0) is 0 Å². The van der Waals surface area contributed by atoms with Crippen LogP contribution in [0.15, 0.2) is 33.6 Å². The summed E-state index contributed by atoms with van der Waals surface area (Å²) in [5, 5.41) is 3.70. The first kappa shape index (κ1) is 15.4. The molecular formula is C16H24BrNS. The summed E-state index contributed by atoms with van der Waals surface area (Å²) in [4.78, 5) is 1.37. The summed E-state index contributed by atoms with van der Waals surface area (Å²) in [7, 11) is 0. The van der Waals surface area contributed by atoms with Gasteiger partial charge in [0.25, 0.3) is 0 Å². The Bertz CT molecular complexity index is 377. The van der Waals surface area contributed by atoms with Crippen LogP contribution in [0.25, 0.3) is 0 Å². The lowest BCUT2D eigenvalue weighted by molar-refractivity contribution is 0.288. The minimum Gasteiger partial charge on any atom is -0.313 e. The van der Waals surface area contributed by atoms with Gasteiger partial charge in [-0.3, -0.25) is 0 Å². The molecule has 1 atom stereocenters. The van der Waals surface area contributed by atoms with E-state index in [4.69, 9.17) is 0 Å². The van der Waals surface area contributed by atoms with E-state index >= 15 is 0 Å². The standard InChI is InChI=1S/C16H24BrNS/c1-2-18-16(13-7-4-3-5-8-13)12-19-15-10-6-9-14(17)11-15/h6,9-11,13,16,18H,2-5,7-8,12H2,1H3. The van der Waals surface area contributed by atoms with Gasteiger partial charge in [0.1, 0.15) is 0 Å². The van der Waals surface area contributed by atoms with E-state index < -0.39 is 0 Å². The molecule has 0 radical (unpaired) electrons. The minimum atomic E-state index is 0.675. The Hall–Kier alpha value is 0.01000. The van der Waals surface area contributed by atoms with Gasteiger partial charge in [-0.25, -0.2) is 0 Å². The van der Waals surface area contributed by atoms with Gasteiger partial charge < -0.3 is 5.32 Å². The second-order valence-electron chi connectivity index (χ2n) is 5.33. The van der Waals surface area contributed by atoms with E-state index in [2.05, 4.69) is 52.4 Å². The zero-order chi connectivity index (χ0) is 13.5. The maximum Gasteiger partial charge on any atom is 0.0189 e. The molecule has 0 bridgehead atoms. The quantitative estimate of drug-likeness (QED) is 0.722. The van der Waals surface area contributed by atoms with E-state index in [0.717, 1.165) is 12.5 Å². The van der Waals surface area contributed by atoms with Gasteiger partial charge in [0.05, 0.1) is 0 Å². The van der Waals surface area contributed by atoms with Gasteiger partial charge in [-0.15, -0.1) is 11.8 Å². The lowest BCUT2D eigenvalue weighted by atomic mass is 9.84. The average molecular weight is 342 g/mol. The van der Waals surface area contributed by atoms with Gasteiger partial charge >= 0.3 is 0 Å². The summed E-state index contributed by atoms with van der Waals surface area (Å²) < 4.78 is 1.18. The molecule has 0 aliphatic heterocycles. The molecule has 19 heavy (non-hydrogen) atoms. The summed E-state index contributed by atoms with van der Waals surface area (Å²) in [5.74, 6) is 2.07. The fraction of sp³-hybridized carbons (Fsp3) is 0.625. The van der Waals surface area contributed by atoms with Crippen molar-refractivity contribution in [2.45, 2.75) is 50.0 Å². The summed E-state index contributed by atoms with van der Waals surface area (Å²) in [6.45, 7) is 3.31. The first-order valence-electron chi connectivity index (χ1n) is 7.41. The molecule has 1 aromatic rings. The van der Waals surface area contributed by atoms with E-state index in [-0.39, 0.29) is 0 Å². The van der Waals surface area contributed by atoms with Gasteiger partial charge in [0.2, 0.25) is 0 Å². The molecule has 1 fully saturated rings. The molecule has 1 saturated carbocycles. The zero-order valence-corrected chi connectivity index (χ0v) is 14.1. The summed E-state index contributed by atoms with van der Waals surface area (Å²) >= 11 is 5.53. The van der Waals surface area contributed by atoms with Crippen LogP contribution in [0.3, 0.4) is 0 Å². The largest absolute Gasteiger partial charge is 0.313 e. The third kappa shape index (κ3) is 5.13. The minimum absolute atomic E-state index is 0.675. The predicted molar refractivity (Wildman–Crippen MR) is 88.9 cm³/mol. The highest BCUT2D eigenvalue weighted by molar-refractivity contribution is 9.10. The van der Waals surface area contributed by atoms with Gasteiger partial charge in [0, 0.05) is 21.2 Å². The maximum absolute atomic E-state index is 3.70. The maximum atomic E-state index is 3.70. The Morgan fingerprint density at radius 1 is 1.32 bits per heavy atom. The topological polar surface area (TPSA) is 12.0 Å². The first-order chi connectivity index (χ1) is 9.29. The number of benzene rings is 1. The second kappa shape index (κ2) is 8.33. The van der Waals surface area contributed by atoms with Crippen LogP contribution < -0.4 is 5.32 Å². The molecule has 1 aliphatic carbocycles. The average Bonchev–Trinajstić information content (AvgIpc) is 2.44. The van der Waals surface area contributed by atoms with Crippen LogP contribution in [0.1, 0.15) is 39.0 Å². The predicted octanol–water partition coefficient (Wildman–Crippen LogP) is 5.10. The highest BCUT2D eigenvalue weighted by Crippen LogP contribution is 2.30. The Kier molecular flexibility index (Phi) is 6.75. The molecule has 0 heterocycles. The van der Waals surface area contributed by atoms with Gasteiger partial charge in [-0.1, -0.05) is 48.2 Å². The Morgan fingerprint density at radius 2 is 2.11 bits per heavy atom. The fourth-order valence-corrected chi connectivity index (χ4v) is 4.60.